The van der Waals surface area contributed by atoms with Crippen molar-refractivity contribution in [2.45, 2.75) is 38.8 Å². The fourth-order valence-electron chi connectivity index (χ4n) is 5.45. The van der Waals surface area contributed by atoms with E-state index in [0.29, 0.717) is 38.6 Å². The highest BCUT2D eigenvalue weighted by atomic mass is 35.5. The number of nitro benzene ring substituents is 1. The lowest BCUT2D eigenvalue weighted by molar-refractivity contribution is -0.384. The zero-order valence-corrected chi connectivity index (χ0v) is 27.7. The zero-order chi connectivity index (χ0) is 35.7. The number of furan rings is 1. The van der Waals surface area contributed by atoms with Gasteiger partial charge in [-0.2, -0.15) is 4.68 Å². The minimum absolute atomic E-state index is 0.00148. The van der Waals surface area contributed by atoms with E-state index in [4.69, 9.17) is 20.8 Å². The lowest BCUT2D eigenvalue weighted by atomic mass is 10.0. The highest BCUT2D eigenvalue weighted by molar-refractivity contribution is 6.41. The number of fused-ring (bicyclic) bond motifs is 1. The molecule has 0 bridgehead atoms. The summed E-state index contributed by atoms with van der Waals surface area (Å²) in [6.45, 7) is 5.16. The van der Waals surface area contributed by atoms with E-state index in [1.54, 1.807) is 51.1 Å². The first-order valence-electron chi connectivity index (χ1n) is 15.2. The van der Waals surface area contributed by atoms with Crippen LogP contribution in [0.4, 0.5) is 17.1 Å². The van der Waals surface area contributed by atoms with E-state index in [1.165, 1.54) is 57.2 Å². The van der Waals surface area contributed by atoms with Crippen LogP contribution in [0.1, 0.15) is 36.9 Å². The molecule has 1 saturated heterocycles. The molecule has 0 unspecified atom stereocenters. The van der Waals surface area contributed by atoms with Crippen molar-refractivity contribution in [3.8, 4) is 5.69 Å². The Morgan fingerprint density at radius 3 is 2.46 bits per heavy atom. The molecule has 1 atom stereocenters. The number of anilines is 2. The number of carbonyl (C=O) groups excluding carboxylic acids is 4. The number of nitrogens with zero attached hydrogens (tertiary/aromatic N) is 7. The average Bonchev–Trinajstić information content (AvgIpc) is 3.75. The summed E-state index contributed by atoms with van der Waals surface area (Å²) in [5.74, 6) is -3.14. The number of aromatic nitrogens is 4. The Morgan fingerprint density at radius 2 is 1.78 bits per heavy atom. The van der Waals surface area contributed by atoms with Crippen molar-refractivity contribution in [2.24, 2.45) is 0 Å². The third-order valence-corrected chi connectivity index (χ3v) is 7.95. The normalized spacial score (nSPS) is 14.2. The molecular formula is C33H29ClN8O8. The Hall–Kier alpha value is -6.16. The second kappa shape index (κ2) is 13.4. The molecule has 3 heterocycles. The number of hydrogen-bond donors (Lipinski definition) is 1. The fraction of sp³-hybridized carbons (Fsp3) is 0.242. The first-order chi connectivity index (χ1) is 23.8. The van der Waals surface area contributed by atoms with Crippen LogP contribution in [0.25, 0.3) is 16.7 Å². The lowest BCUT2D eigenvalue weighted by Crippen LogP contribution is -2.60. The number of non-ortho nitro benzene ring substituents is 1. The molecule has 256 valence electrons. The molecule has 0 saturated carbocycles. The number of nitro groups is 1. The van der Waals surface area contributed by atoms with Crippen LogP contribution in [-0.4, -0.2) is 78.5 Å². The Labute approximate surface area is 288 Å². The molecule has 0 aliphatic carbocycles. The number of rotatable bonds is 9. The van der Waals surface area contributed by atoms with Crippen LogP contribution in [0, 0.1) is 10.1 Å². The predicted octanol–water partition coefficient (Wildman–Crippen LogP) is 4.35. The van der Waals surface area contributed by atoms with E-state index >= 15 is 0 Å². The number of esters is 1. The second-order valence-corrected chi connectivity index (χ2v) is 12.8. The number of halogens is 1. The molecule has 0 spiro atoms. The van der Waals surface area contributed by atoms with Gasteiger partial charge >= 0.3 is 17.8 Å². The van der Waals surface area contributed by atoms with Gasteiger partial charge in [0, 0.05) is 47.7 Å². The maximum absolute atomic E-state index is 14.0. The van der Waals surface area contributed by atoms with Crippen LogP contribution in [0.2, 0.25) is 5.02 Å². The number of hydrogen-bond acceptors (Lipinski definition) is 11. The quantitative estimate of drug-likeness (QED) is 0.0993. The van der Waals surface area contributed by atoms with Crippen molar-refractivity contribution in [1.82, 2.24) is 25.1 Å². The molecule has 6 rings (SSSR count). The van der Waals surface area contributed by atoms with Crippen LogP contribution >= 0.6 is 11.6 Å². The van der Waals surface area contributed by atoms with Gasteiger partial charge in [-0.05, 0) is 79.2 Å². The van der Waals surface area contributed by atoms with Crippen LogP contribution in [0.15, 0.2) is 77.5 Å². The molecule has 16 nitrogen and oxygen atoms in total. The standard InChI is InChI=1S/C33H29ClN8O8/c1-33(2,3)50-32(46)28-16-20-15-22(7-11-27(20)49-28)36-29(43)26(14-19-4-8-23(9-5-19)42(47)48)40-13-12-39(30(44)31(40)45)25-17-21(34)6-10-24(25)41-18-35-37-38-41/h4-11,15-18,26H,12-14H2,1-3H3,(H,36,43)/t26-/m0/s1. The molecule has 1 N–H and O–H groups in total. The van der Waals surface area contributed by atoms with Crippen LogP contribution in [0.3, 0.4) is 0 Å². The number of nitrogens with one attached hydrogen (secondary N) is 1. The maximum atomic E-state index is 14.0. The SMILES string of the molecule is CC(C)(C)OC(=O)c1cc2cc(NC(=O)[C@H](Cc3ccc([N+](=O)[O-])cc3)N3CCN(c4cc(Cl)ccc4-n4cnnn4)C(=O)C3=O)ccc2o1. The van der Waals surface area contributed by atoms with E-state index in [1.807, 2.05) is 0 Å². The van der Waals surface area contributed by atoms with Crippen LogP contribution < -0.4 is 10.2 Å². The van der Waals surface area contributed by atoms with Gasteiger partial charge in [0.1, 0.15) is 23.6 Å². The first kappa shape index (κ1) is 33.7. The van der Waals surface area contributed by atoms with Gasteiger partial charge < -0.3 is 24.3 Å². The third kappa shape index (κ3) is 7.14. The van der Waals surface area contributed by atoms with Crippen molar-refractivity contribution in [2.75, 3.05) is 23.3 Å². The predicted molar refractivity (Wildman–Crippen MR) is 179 cm³/mol. The molecular weight excluding hydrogens is 672 g/mol. The number of benzene rings is 3. The Balaban J connectivity index is 1.28. The Kier molecular flexibility index (Phi) is 9.03. The van der Waals surface area contributed by atoms with Gasteiger partial charge in [-0.25, -0.2) is 4.79 Å². The molecule has 1 fully saturated rings. The first-order valence-corrected chi connectivity index (χ1v) is 15.6. The highest BCUT2D eigenvalue weighted by Gasteiger charge is 2.40. The van der Waals surface area contributed by atoms with Gasteiger partial charge in [0.15, 0.2) is 0 Å². The van der Waals surface area contributed by atoms with Gasteiger partial charge in [-0.15, -0.1) is 5.10 Å². The largest absolute Gasteiger partial charge is 0.454 e. The van der Waals surface area contributed by atoms with Crippen molar-refractivity contribution in [3.63, 3.8) is 0 Å². The minimum atomic E-state index is -1.20. The smallest absolute Gasteiger partial charge is 0.374 e. The molecule has 50 heavy (non-hydrogen) atoms. The highest BCUT2D eigenvalue weighted by Crippen LogP contribution is 2.31. The third-order valence-electron chi connectivity index (χ3n) is 7.72. The van der Waals surface area contributed by atoms with E-state index in [2.05, 4.69) is 20.8 Å². The van der Waals surface area contributed by atoms with Gasteiger partial charge in [-0.1, -0.05) is 23.7 Å². The molecule has 5 aromatic rings. The fourth-order valence-corrected chi connectivity index (χ4v) is 5.62. The van der Waals surface area contributed by atoms with Crippen LogP contribution in [-0.2, 0) is 25.5 Å². The molecule has 1 aliphatic heterocycles. The summed E-state index contributed by atoms with van der Waals surface area (Å²) in [6.07, 6.45) is 1.27. The molecule has 1 aliphatic rings. The van der Waals surface area contributed by atoms with E-state index in [0.717, 1.165) is 0 Å². The summed E-state index contributed by atoms with van der Waals surface area (Å²) < 4.78 is 12.4. The summed E-state index contributed by atoms with van der Waals surface area (Å²) in [6, 6.07) is 15.3. The van der Waals surface area contributed by atoms with Gasteiger partial charge in [-0.3, -0.25) is 24.5 Å². The van der Waals surface area contributed by atoms with Crippen molar-refractivity contribution in [3.05, 3.63) is 99.5 Å². The van der Waals surface area contributed by atoms with Crippen molar-refractivity contribution in [1.29, 1.82) is 0 Å². The van der Waals surface area contributed by atoms with Gasteiger partial charge in [0.05, 0.1) is 16.3 Å². The number of amides is 3. The number of tetrazole rings is 1. The summed E-state index contributed by atoms with van der Waals surface area (Å²) in [7, 11) is 0. The molecule has 0 radical (unpaired) electrons. The van der Waals surface area contributed by atoms with Gasteiger partial charge in [0.25, 0.3) is 5.69 Å². The minimum Gasteiger partial charge on any atom is -0.454 e. The summed E-state index contributed by atoms with van der Waals surface area (Å²) in [5.41, 5.74) is 1.04. The zero-order valence-electron chi connectivity index (χ0n) is 26.9. The van der Waals surface area contributed by atoms with Gasteiger partial charge in [0.2, 0.25) is 11.7 Å². The summed E-state index contributed by atoms with van der Waals surface area (Å²) >= 11 is 6.26. The Bertz CT molecular complexity index is 2130. The Morgan fingerprint density at radius 1 is 1.02 bits per heavy atom. The van der Waals surface area contributed by atoms with E-state index in [-0.39, 0.29) is 31.0 Å². The topological polar surface area (TPSA) is 196 Å². The molecule has 3 amide bonds. The lowest BCUT2D eigenvalue weighted by Gasteiger charge is -2.38. The monoisotopic (exact) mass is 700 g/mol. The number of ether oxygens (including phenoxy) is 1. The molecule has 2 aromatic heterocycles. The van der Waals surface area contributed by atoms with E-state index < -0.39 is 40.3 Å². The van der Waals surface area contributed by atoms with Crippen molar-refractivity contribution >= 4 is 63.3 Å². The molecule has 17 heteroatoms. The number of carbonyl (C=O) groups is 4. The second-order valence-electron chi connectivity index (χ2n) is 12.3. The van der Waals surface area contributed by atoms with Crippen molar-refractivity contribution < 1.29 is 33.3 Å². The molecule has 3 aromatic carbocycles. The summed E-state index contributed by atoms with van der Waals surface area (Å²) in [4.78, 5) is 67.1. The van der Waals surface area contributed by atoms with Crippen LogP contribution in [0.5, 0.6) is 0 Å². The summed E-state index contributed by atoms with van der Waals surface area (Å²) in [5, 5.41) is 26.0. The number of piperazine rings is 1. The average molecular weight is 701 g/mol. The van der Waals surface area contributed by atoms with E-state index in [9.17, 15) is 29.3 Å². The maximum Gasteiger partial charge on any atom is 0.374 e.